The molecule has 0 bridgehead atoms. The van der Waals surface area contributed by atoms with E-state index in [1.165, 1.54) is 13.2 Å². The summed E-state index contributed by atoms with van der Waals surface area (Å²) in [5, 5.41) is 0. The number of rotatable bonds is 3. The Labute approximate surface area is 88.0 Å². The highest BCUT2D eigenvalue weighted by atomic mass is 127. The second-order valence-corrected chi connectivity index (χ2v) is 3.45. The maximum atomic E-state index is 12.4. The highest BCUT2D eigenvalue weighted by molar-refractivity contribution is 14.1. The molecular weight excluding hydrogens is 293 g/mol. The summed E-state index contributed by atoms with van der Waals surface area (Å²) in [5.74, 6) is 0.322. The summed E-state index contributed by atoms with van der Waals surface area (Å²) >= 11 is 0.902. The number of para-hydroxylation sites is 2. The van der Waals surface area contributed by atoms with E-state index >= 15 is 0 Å². The highest BCUT2D eigenvalue weighted by Gasteiger charge is 2.27. The second-order valence-electron chi connectivity index (χ2n) is 2.20. The number of ether oxygens (including phenoxy) is 2. The molecule has 0 N–H and O–H groups in total. The molecular formula is C8H7F2IO2. The van der Waals surface area contributed by atoms with Crippen molar-refractivity contribution >= 4 is 22.6 Å². The van der Waals surface area contributed by atoms with Gasteiger partial charge in [0, 0.05) is 0 Å². The van der Waals surface area contributed by atoms with Gasteiger partial charge in [0.1, 0.15) is 0 Å². The minimum absolute atomic E-state index is 0.0319. The normalized spacial score (nSPS) is 11.1. The maximum Gasteiger partial charge on any atom is 0.451 e. The van der Waals surface area contributed by atoms with Gasteiger partial charge in [-0.25, -0.2) is 0 Å². The summed E-state index contributed by atoms with van der Waals surface area (Å²) in [7, 11) is 1.40. The Bertz CT molecular complexity index is 286. The van der Waals surface area contributed by atoms with Gasteiger partial charge in [-0.2, -0.15) is 8.78 Å². The van der Waals surface area contributed by atoms with Gasteiger partial charge in [0.25, 0.3) is 0 Å². The van der Waals surface area contributed by atoms with Crippen LogP contribution in [0.15, 0.2) is 24.3 Å². The second kappa shape index (κ2) is 4.08. The van der Waals surface area contributed by atoms with Crippen LogP contribution in [0.4, 0.5) is 8.78 Å². The summed E-state index contributed by atoms with van der Waals surface area (Å²) in [5.41, 5.74) is 0. The third-order valence-electron chi connectivity index (χ3n) is 1.29. The topological polar surface area (TPSA) is 18.5 Å². The number of halogens is 3. The van der Waals surface area contributed by atoms with Crippen molar-refractivity contribution in [1.29, 1.82) is 0 Å². The molecule has 0 radical (unpaired) electrons. The predicted octanol–water partition coefficient (Wildman–Crippen LogP) is 3.06. The van der Waals surface area contributed by atoms with Crippen molar-refractivity contribution in [2.24, 2.45) is 0 Å². The Morgan fingerprint density at radius 1 is 1.23 bits per heavy atom. The van der Waals surface area contributed by atoms with E-state index in [4.69, 9.17) is 4.74 Å². The molecule has 0 atom stereocenters. The minimum atomic E-state index is -3.22. The van der Waals surface area contributed by atoms with Crippen LogP contribution < -0.4 is 9.47 Å². The highest BCUT2D eigenvalue weighted by Crippen LogP contribution is 2.33. The molecule has 5 heteroatoms. The van der Waals surface area contributed by atoms with Gasteiger partial charge in [-0.15, -0.1) is 0 Å². The lowest BCUT2D eigenvalue weighted by atomic mass is 10.3. The molecule has 1 aromatic rings. The number of benzene rings is 1. The third kappa shape index (κ3) is 3.33. The summed E-state index contributed by atoms with van der Waals surface area (Å²) in [6.07, 6.45) is 0. The van der Waals surface area contributed by atoms with Gasteiger partial charge >= 0.3 is 4.12 Å². The van der Waals surface area contributed by atoms with Crippen molar-refractivity contribution in [3.05, 3.63) is 24.3 Å². The molecule has 0 aromatic heterocycles. The molecule has 0 heterocycles. The molecule has 0 fully saturated rings. The van der Waals surface area contributed by atoms with Gasteiger partial charge in [0.2, 0.25) is 0 Å². The quantitative estimate of drug-likeness (QED) is 0.631. The Morgan fingerprint density at radius 3 is 2.23 bits per heavy atom. The van der Waals surface area contributed by atoms with E-state index in [9.17, 15) is 8.78 Å². The van der Waals surface area contributed by atoms with Crippen LogP contribution in [0, 0.1) is 0 Å². The zero-order chi connectivity index (χ0) is 9.90. The van der Waals surface area contributed by atoms with Gasteiger partial charge in [0.15, 0.2) is 11.5 Å². The lowest BCUT2D eigenvalue weighted by molar-refractivity contribution is -0.0703. The Morgan fingerprint density at radius 2 is 1.77 bits per heavy atom. The van der Waals surface area contributed by atoms with E-state index < -0.39 is 4.12 Å². The standard InChI is InChI=1S/C8H7F2IO2/c1-12-6-4-2-3-5-7(6)13-8(9,10)11/h2-5H,1H3. The average molecular weight is 300 g/mol. The van der Waals surface area contributed by atoms with E-state index in [1.807, 2.05) is 0 Å². The molecule has 1 aromatic carbocycles. The first-order valence-corrected chi connectivity index (χ1v) is 4.49. The lowest BCUT2D eigenvalue weighted by Gasteiger charge is -2.13. The smallest absolute Gasteiger partial charge is 0.451 e. The molecule has 0 aliphatic heterocycles. The molecule has 0 saturated carbocycles. The van der Waals surface area contributed by atoms with Crippen LogP contribution in [0.2, 0.25) is 0 Å². The molecule has 2 nitrogen and oxygen atoms in total. The first-order chi connectivity index (χ1) is 6.03. The first-order valence-electron chi connectivity index (χ1n) is 3.41. The van der Waals surface area contributed by atoms with Gasteiger partial charge in [-0.1, -0.05) is 12.1 Å². The molecule has 1 rings (SSSR count). The summed E-state index contributed by atoms with van der Waals surface area (Å²) < 4.78 is 30.8. The fourth-order valence-corrected chi connectivity index (χ4v) is 1.07. The zero-order valence-electron chi connectivity index (χ0n) is 6.76. The Kier molecular flexibility index (Phi) is 3.29. The SMILES string of the molecule is COc1ccccc1OC(F)(F)I. The number of hydrogen-bond donors (Lipinski definition) is 0. The molecule has 0 aliphatic carbocycles. The van der Waals surface area contributed by atoms with Crippen molar-refractivity contribution in [2.45, 2.75) is 4.12 Å². The fraction of sp³-hybridized carbons (Fsp3) is 0.250. The third-order valence-corrected chi connectivity index (χ3v) is 1.51. The van der Waals surface area contributed by atoms with Crippen molar-refractivity contribution in [3.63, 3.8) is 0 Å². The van der Waals surface area contributed by atoms with E-state index in [0.717, 1.165) is 22.6 Å². The van der Waals surface area contributed by atoms with Crippen molar-refractivity contribution in [3.8, 4) is 11.5 Å². The van der Waals surface area contributed by atoms with Gasteiger partial charge in [-0.3, -0.25) is 0 Å². The van der Waals surface area contributed by atoms with Crippen molar-refractivity contribution in [1.82, 2.24) is 0 Å². The molecule has 0 spiro atoms. The zero-order valence-corrected chi connectivity index (χ0v) is 8.92. The van der Waals surface area contributed by atoms with E-state index in [1.54, 1.807) is 18.2 Å². The lowest BCUT2D eigenvalue weighted by Crippen LogP contribution is -2.15. The monoisotopic (exact) mass is 300 g/mol. The number of alkyl halides is 3. The van der Waals surface area contributed by atoms with Crippen LogP contribution in [0.3, 0.4) is 0 Å². The average Bonchev–Trinajstić information content (AvgIpc) is 2.02. The van der Waals surface area contributed by atoms with Crippen molar-refractivity contribution < 1.29 is 18.3 Å². The largest absolute Gasteiger partial charge is 0.493 e. The van der Waals surface area contributed by atoms with Crippen LogP contribution in [-0.2, 0) is 0 Å². The molecule has 0 unspecified atom stereocenters. The summed E-state index contributed by atoms with van der Waals surface area (Å²) in [6, 6.07) is 6.25. The van der Waals surface area contributed by atoms with E-state index in [2.05, 4.69) is 4.74 Å². The molecule has 0 saturated heterocycles. The Balaban J connectivity index is 2.87. The van der Waals surface area contributed by atoms with Crippen LogP contribution in [0.5, 0.6) is 11.5 Å². The molecule has 13 heavy (non-hydrogen) atoms. The number of methoxy groups -OCH3 is 1. The number of hydrogen-bond acceptors (Lipinski definition) is 2. The van der Waals surface area contributed by atoms with Crippen LogP contribution in [-0.4, -0.2) is 11.2 Å². The van der Waals surface area contributed by atoms with E-state index in [0.29, 0.717) is 5.75 Å². The fourth-order valence-electron chi connectivity index (χ4n) is 0.828. The molecule has 0 amide bonds. The predicted molar refractivity (Wildman–Crippen MR) is 52.6 cm³/mol. The maximum absolute atomic E-state index is 12.4. The first kappa shape index (κ1) is 10.5. The molecule has 72 valence electrons. The van der Waals surface area contributed by atoms with Crippen molar-refractivity contribution in [2.75, 3.05) is 7.11 Å². The van der Waals surface area contributed by atoms with Gasteiger partial charge < -0.3 is 9.47 Å². The summed E-state index contributed by atoms with van der Waals surface area (Å²) in [4.78, 5) is 0. The molecule has 0 aliphatic rings. The van der Waals surface area contributed by atoms with Crippen LogP contribution in [0.25, 0.3) is 0 Å². The van der Waals surface area contributed by atoms with Crippen LogP contribution >= 0.6 is 22.6 Å². The Hall–Kier alpha value is -0.590. The summed E-state index contributed by atoms with van der Waals surface area (Å²) in [6.45, 7) is 0. The van der Waals surface area contributed by atoms with Gasteiger partial charge in [-0.05, 0) is 12.1 Å². The minimum Gasteiger partial charge on any atom is -0.493 e. The van der Waals surface area contributed by atoms with Crippen LogP contribution in [0.1, 0.15) is 0 Å². The van der Waals surface area contributed by atoms with E-state index in [-0.39, 0.29) is 5.75 Å². The van der Waals surface area contributed by atoms with Gasteiger partial charge in [0.05, 0.1) is 29.7 Å².